The van der Waals surface area contributed by atoms with Gasteiger partial charge in [0.1, 0.15) is 0 Å². The first-order chi connectivity index (χ1) is 8.56. The van der Waals surface area contributed by atoms with Gasteiger partial charge in [-0.25, -0.2) is 0 Å². The van der Waals surface area contributed by atoms with E-state index in [-0.39, 0.29) is 11.8 Å². The molecule has 3 unspecified atom stereocenters. The lowest BCUT2D eigenvalue weighted by molar-refractivity contribution is -0.145. The highest BCUT2D eigenvalue weighted by Crippen LogP contribution is 2.36. The van der Waals surface area contributed by atoms with Crippen LogP contribution in [0.2, 0.25) is 0 Å². The third-order valence-electron chi connectivity index (χ3n) is 3.95. The Morgan fingerprint density at radius 1 is 1.44 bits per heavy atom. The summed E-state index contributed by atoms with van der Waals surface area (Å²) in [7, 11) is 0. The van der Waals surface area contributed by atoms with Gasteiger partial charge < -0.3 is 5.11 Å². The second-order valence-electron chi connectivity index (χ2n) is 5.46. The van der Waals surface area contributed by atoms with Gasteiger partial charge in [-0.3, -0.25) is 4.79 Å². The number of hydrogen-bond acceptors (Lipinski definition) is 1. The first-order valence-corrected chi connectivity index (χ1v) is 7.33. The van der Waals surface area contributed by atoms with E-state index in [1.54, 1.807) is 0 Å². The molecule has 1 saturated carbocycles. The van der Waals surface area contributed by atoms with Gasteiger partial charge in [0, 0.05) is 4.47 Å². The molecule has 0 radical (unpaired) electrons. The van der Waals surface area contributed by atoms with E-state index in [2.05, 4.69) is 35.0 Å². The van der Waals surface area contributed by atoms with Crippen molar-refractivity contribution in [2.45, 2.75) is 32.6 Å². The van der Waals surface area contributed by atoms with Gasteiger partial charge in [-0.2, -0.15) is 0 Å². The summed E-state index contributed by atoms with van der Waals surface area (Å²) >= 11 is 3.47. The number of halogens is 1. The third-order valence-corrected chi connectivity index (χ3v) is 4.44. The van der Waals surface area contributed by atoms with E-state index >= 15 is 0 Å². The molecule has 0 saturated heterocycles. The topological polar surface area (TPSA) is 37.3 Å². The summed E-state index contributed by atoms with van der Waals surface area (Å²) < 4.78 is 1.07. The van der Waals surface area contributed by atoms with Gasteiger partial charge in [0.15, 0.2) is 0 Å². The lowest BCUT2D eigenvalue weighted by atomic mass is 9.72. The largest absolute Gasteiger partial charge is 0.481 e. The highest BCUT2D eigenvalue weighted by atomic mass is 79.9. The summed E-state index contributed by atoms with van der Waals surface area (Å²) in [5.74, 6) is 0.139. The predicted molar refractivity (Wildman–Crippen MR) is 75.5 cm³/mol. The molecule has 0 amide bonds. The van der Waals surface area contributed by atoms with E-state index in [0.717, 1.165) is 30.2 Å². The van der Waals surface area contributed by atoms with Crippen LogP contribution in [0.15, 0.2) is 28.7 Å². The molecule has 0 aromatic heterocycles. The Labute approximate surface area is 117 Å². The van der Waals surface area contributed by atoms with Gasteiger partial charge in [-0.15, -0.1) is 0 Å². The zero-order valence-electron chi connectivity index (χ0n) is 10.6. The summed E-state index contributed by atoms with van der Waals surface area (Å²) in [6, 6.07) is 8.20. The SMILES string of the molecule is CC1CCC(C(=O)O)C(Cc2cccc(Br)c2)C1. The van der Waals surface area contributed by atoms with E-state index in [1.807, 2.05) is 12.1 Å². The smallest absolute Gasteiger partial charge is 0.306 e. The fourth-order valence-electron chi connectivity index (χ4n) is 3.02. The summed E-state index contributed by atoms with van der Waals surface area (Å²) in [4.78, 5) is 11.3. The first kappa shape index (κ1) is 13.6. The van der Waals surface area contributed by atoms with Crippen LogP contribution in [0.3, 0.4) is 0 Å². The molecule has 1 aliphatic carbocycles. The second kappa shape index (κ2) is 5.87. The van der Waals surface area contributed by atoms with E-state index in [4.69, 9.17) is 0 Å². The molecule has 1 aliphatic rings. The minimum Gasteiger partial charge on any atom is -0.481 e. The molecule has 3 heteroatoms. The molecule has 0 bridgehead atoms. The van der Waals surface area contributed by atoms with Gasteiger partial charge >= 0.3 is 5.97 Å². The monoisotopic (exact) mass is 310 g/mol. The Bertz CT molecular complexity index is 430. The number of carbonyl (C=O) groups is 1. The van der Waals surface area contributed by atoms with Crippen molar-refractivity contribution in [1.29, 1.82) is 0 Å². The molecule has 0 aliphatic heterocycles. The van der Waals surface area contributed by atoms with Crippen molar-refractivity contribution in [2.75, 3.05) is 0 Å². The van der Waals surface area contributed by atoms with Gasteiger partial charge in [0.25, 0.3) is 0 Å². The second-order valence-corrected chi connectivity index (χ2v) is 6.37. The molecule has 2 rings (SSSR count). The highest BCUT2D eigenvalue weighted by Gasteiger charge is 2.33. The van der Waals surface area contributed by atoms with Gasteiger partial charge in [0.05, 0.1) is 5.92 Å². The van der Waals surface area contributed by atoms with Crippen molar-refractivity contribution in [3.05, 3.63) is 34.3 Å². The average molecular weight is 311 g/mol. The zero-order chi connectivity index (χ0) is 13.1. The molecule has 0 spiro atoms. The van der Waals surface area contributed by atoms with Crippen LogP contribution in [0.4, 0.5) is 0 Å². The highest BCUT2D eigenvalue weighted by molar-refractivity contribution is 9.10. The van der Waals surface area contributed by atoms with Crippen LogP contribution in [0, 0.1) is 17.8 Å². The van der Waals surface area contributed by atoms with Crippen LogP contribution in [-0.4, -0.2) is 11.1 Å². The van der Waals surface area contributed by atoms with Crippen LogP contribution >= 0.6 is 15.9 Å². The Morgan fingerprint density at radius 3 is 2.89 bits per heavy atom. The normalized spacial score (nSPS) is 28.0. The molecule has 1 N–H and O–H groups in total. The number of rotatable bonds is 3. The van der Waals surface area contributed by atoms with Crippen LogP contribution in [0.1, 0.15) is 31.7 Å². The van der Waals surface area contributed by atoms with Crippen LogP contribution in [0.25, 0.3) is 0 Å². The fourth-order valence-corrected chi connectivity index (χ4v) is 3.46. The van der Waals surface area contributed by atoms with Crippen LogP contribution < -0.4 is 0 Å². The van der Waals surface area contributed by atoms with Crippen molar-refractivity contribution < 1.29 is 9.90 Å². The molecular weight excluding hydrogens is 292 g/mol. The van der Waals surface area contributed by atoms with Crippen molar-refractivity contribution in [1.82, 2.24) is 0 Å². The summed E-state index contributed by atoms with van der Waals surface area (Å²) in [6.07, 6.45) is 3.78. The molecule has 1 aromatic carbocycles. The first-order valence-electron chi connectivity index (χ1n) is 6.53. The molecule has 0 heterocycles. The molecule has 1 fully saturated rings. The molecule has 3 atom stereocenters. The van der Waals surface area contributed by atoms with Crippen LogP contribution in [0.5, 0.6) is 0 Å². The molecule has 1 aromatic rings. The Hall–Kier alpha value is -0.830. The van der Waals surface area contributed by atoms with Gasteiger partial charge in [0.2, 0.25) is 0 Å². The Kier molecular flexibility index (Phi) is 4.44. The number of hydrogen-bond donors (Lipinski definition) is 1. The Balaban J connectivity index is 2.11. The number of benzene rings is 1. The minimum atomic E-state index is -0.623. The third kappa shape index (κ3) is 3.35. The maximum absolute atomic E-state index is 11.3. The van der Waals surface area contributed by atoms with Gasteiger partial charge in [-0.05, 0) is 55.2 Å². The van der Waals surface area contributed by atoms with Gasteiger partial charge in [-0.1, -0.05) is 35.0 Å². The number of carboxylic acids is 1. The van der Waals surface area contributed by atoms with Crippen molar-refractivity contribution in [3.8, 4) is 0 Å². The minimum absolute atomic E-state index is 0.166. The summed E-state index contributed by atoms with van der Waals surface area (Å²) in [5, 5.41) is 9.32. The van der Waals surface area contributed by atoms with Crippen molar-refractivity contribution in [2.24, 2.45) is 17.8 Å². The Morgan fingerprint density at radius 2 is 2.22 bits per heavy atom. The predicted octanol–water partition coefficient (Wildman–Crippen LogP) is 4.13. The number of aliphatic carboxylic acids is 1. The average Bonchev–Trinajstić information content (AvgIpc) is 2.28. The van der Waals surface area contributed by atoms with E-state index in [9.17, 15) is 9.90 Å². The molecular formula is C15H19BrO2. The molecule has 18 heavy (non-hydrogen) atoms. The van der Waals surface area contributed by atoms with Crippen LogP contribution in [-0.2, 0) is 11.2 Å². The quantitative estimate of drug-likeness (QED) is 0.911. The fraction of sp³-hybridized carbons (Fsp3) is 0.533. The van der Waals surface area contributed by atoms with E-state index in [1.165, 1.54) is 5.56 Å². The summed E-state index contributed by atoms with van der Waals surface area (Å²) in [5.41, 5.74) is 1.23. The van der Waals surface area contributed by atoms with E-state index < -0.39 is 5.97 Å². The number of carboxylic acid groups (broad SMARTS) is 1. The maximum Gasteiger partial charge on any atom is 0.306 e. The molecule has 2 nitrogen and oxygen atoms in total. The zero-order valence-corrected chi connectivity index (χ0v) is 12.2. The maximum atomic E-state index is 11.3. The lowest BCUT2D eigenvalue weighted by Gasteiger charge is -2.32. The lowest BCUT2D eigenvalue weighted by Crippen LogP contribution is -2.31. The van der Waals surface area contributed by atoms with Crippen molar-refractivity contribution >= 4 is 21.9 Å². The summed E-state index contributed by atoms with van der Waals surface area (Å²) in [6.45, 7) is 2.23. The standard InChI is InChI=1S/C15H19BrO2/c1-10-5-6-14(15(17)18)12(7-10)8-11-3-2-4-13(16)9-11/h2-4,9-10,12,14H,5-8H2,1H3,(H,17,18). The van der Waals surface area contributed by atoms with Crippen molar-refractivity contribution in [3.63, 3.8) is 0 Å². The molecule has 98 valence electrons. The van der Waals surface area contributed by atoms with E-state index in [0.29, 0.717) is 5.92 Å².